The first-order valence-electron chi connectivity index (χ1n) is 8.31. The first-order chi connectivity index (χ1) is 10.3. The number of hydrogen-bond acceptors (Lipinski definition) is 4. The van der Waals surface area contributed by atoms with Gasteiger partial charge in [-0.25, -0.2) is 0 Å². The van der Waals surface area contributed by atoms with Gasteiger partial charge in [-0.2, -0.15) is 0 Å². The van der Waals surface area contributed by atoms with Gasteiger partial charge in [-0.05, 0) is 17.8 Å². The largest absolute Gasteiger partial charge is 0.379 e. The molecule has 0 atom stereocenters. The molecule has 0 heterocycles. The molecule has 0 aromatic rings. The van der Waals surface area contributed by atoms with Crippen LogP contribution in [0.2, 0.25) is 0 Å². The first kappa shape index (κ1) is 21.4. The SMILES string of the molecule is CC(C)CC(=O)NCCOCCOCCOCCC(C)(C)C. The van der Waals surface area contributed by atoms with Crippen LogP contribution in [0.25, 0.3) is 0 Å². The van der Waals surface area contributed by atoms with Crippen molar-refractivity contribution in [2.24, 2.45) is 11.3 Å². The molecular formula is C17H35NO4. The number of amides is 1. The molecular weight excluding hydrogens is 282 g/mol. The standard InChI is InChI=1S/C17H35NO4/c1-15(2)14-16(19)18-7-9-21-11-13-22-12-10-20-8-6-17(3,4)5/h15H,6-14H2,1-5H3,(H,18,19). The number of ether oxygens (including phenoxy) is 3. The predicted molar refractivity (Wildman–Crippen MR) is 89.0 cm³/mol. The van der Waals surface area contributed by atoms with Crippen LogP contribution in [0.15, 0.2) is 0 Å². The summed E-state index contributed by atoms with van der Waals surface area (Å²) < 4.78 is 16.3. The fourth-order valence-corrected chi connectivity index (χ4v) is 1.63. The van der Waals surface area contributed by atoms with Crippen LogP contribution in [0, 0.1) is 11.3 Å². The molecule has 0 aromatic heterocycles. The summed E-state index contributed by atoms with van der Waals surface area (Å²) in [6.07, 6.45) is 1.62. The maximum Gasteiger partial charge on any atom is 0.220 e. The molecule has 22 heavy (non-hydrogen) atoms. The Kier molecular flexibility index (Phi) is 12.5. The Morgan fingerprint density at radius 2 is 1.41 bits per heavy atom. The topological polar surface area (TPSA) is 56.8 Å². The van der Waals surface area contributed by atoms with Crippen LogP contribution in [-0.4, -0.2) is 52.1 Å². The van der Waals surface area contributed by atoms with E-state index in [0.29, 0.717) is 57.3 Å². The van der Waals surface area contributed by atoms with Gasteiger partial charge in [-0.3, -0.25) is 4.79 Å². The molecule has 0 spiro atoms. The number of nitrogens with one attached hydrogen (secondary N) is 1. The van der Waals surface area contributed by atoms with Gasteiger partial charge < -0.3 is 19.5 Å². The maximum atomic E-state index is 11.4. The average molecular weight is 317 g/mol. The summed E-state index contributed by atoms with van der Waals surface area (Å²) in [5, 5.41) is 2.83. The Morgan fingerprint density at radius 1 is 0.909 bits per heavy atom. The van der Waals surface area contributed by atoms with Crippen molar-refractivity contribution in [3.63, 3.8) is 0 Å². The molecule has 132 valence electrons. The molecule has 1 N–H and O–H groups in total. The van der Waals surface area contributed by atoms with Gasteiger partial charge in [-0.15, -0.1) is 0 Å². The summed E-state index contributed by atoms with van der Waals surface area (Å²) >= 11 is 0. The van der Waals surface area contributed by atoms with E-state index in [1.54, 1.807) is 0 Å². The molecule has 0 unspecified atom stereocenters. The van der Waals surface area contributed by atoms with Crippen molar-refractivity contribution in [1.82, 2.24) is 5.32 Å². The summed E-state index contributed by atoms with van der Waals surface area (Å²) in [7, 11) is 0. The van der Waals surface area contributed by atoms with Crippen LogP contribution in [0.1, 0.15) is 47.5 Å². The predicted octanol–water partition coefficient (Wildman–Crippen LogP) is 2.63. The summed E-state index contributed by atoms with van der Waals surface area (Å²) in [5.41, 5.74) is 0.319. The van der Waals surface area contributed by atoms with E-state index in [9.17, 15) is 4.79 Å². The Balaban J connectivity index is 3.16. The van der Waals surface area contributed by atoms with E-state index < -0.39 is 0 Å². The lowest BCUT2D eigenvalue weighted by molar-refractivity contribution is -0.122. The van der Waals surface area contributed by atoms with Gasteiger partial charge in [0.25, 0.3) is 0 Å². The summed E-state index contributed by atoms with van der Waals surface area (Å²) in [5.74, 6) is 0.474. The molecule has 5 heteroatoms. The van der Waals surface area contributed by atoms with Gasteiger partial charge in [0.15, 0.2) is 0 Å². The van der Waals surface area contributed by atoms with Gasteiger partial charge in [0.05, 0.1) is 33.0 Å². The van der Waals surface area contributed by atoms with E-state index in [0.717, 1.165) is 13.0 Å². The minimum atomic E-state index is 0.0854. The highest BCUT2D eigenvalue weighted by Gasteiger charge is 2.08. The second-order valence-electron chi connectivity index (χ2n) is 7.10. The Hall–Kier alpha value is -0.650. The van der Waals surface area contributed by atoms with Gasteiger partial charge in [-0.1, -0.05) is 34.6 Å². The average Bonchev–Trinajstić information content (AvgIpc) is 2.38. The van der Waals surface area contributed by atoms with Crippen molar-refractivity contribution < 1.29 is 19.0 Å². The van der Waals surface area contributed by atoms with Crippen LogP contribution in [0.4, 0.5) is 0 Å². The van der Waals surface area contributed by atoms with Crippen molar-refractivity contribution in [2.75, 3.05) is 46.2 Å². The van der Waals surface area contributed by atoms with Crippen LogP contribution < -0.4 is 5.32 Å². The van der Waals surface area contributed by atoms with E-state index in [4.69, 9.17) is 14.2 Å². The third kappa shape index (κ3) is 17.4. The fourth-order valence-electron chi connectivity index (χ4n) is 1.63. The molecule has 5 nitrogen and oxygen atoms in total. The highest BCUT2D eigenvalue weighted by Crippen LogP contribution is 2.17. The van der Waals surface area contributed by atoms with Crippen LogP contribution in [0.5, 0.6) is 0 Å². The molecule has 0 aromatic carbocycles. The zero-order valence-corrected chi connectivity index (χ0v) is 15.1. The van der Waals surface area contributed by atoms with E-state index in [2.05, 4.69) is 26.1 Å². The zero-order chi connectivity index (χ0) is 16.8. The molecule has 1 amide bonds. The normalized spacial score (nSPS) is 11.9. The minimum absolute atomic E-state index is 0.0854. The lowest BCUT2D eigenvalue weighted by Gasteiger charge is -2.17. The van der Waals surface area contributed by atoms with Crippen molar-refractivity contribution >= 4 is 5.91 Å². The quantitative estimate of drug-likeness (QED) is 0.531. The van der Waals surface area contributed by atoms with Gasteiger partial charge >= 0.3 is 0 Å². The fraction of sp³-hybridized carbons (Fsp3) is 0.941. The highest BCUT2D eigenvalue weighted by molar-refractivity contribution is 5.75. The highest BCUT2D eigenvalue weighted by atomic mass is 16.5. The van der Waals surface area contributed by atoms with E-state index in [-0.39, 0.29) is 5.91 Å². The number of hydrogen-bond donors (Lipinski definition) is 1. The first-order valence-corrected chi connectivity index (χ1v) is 8.31. The van der Waals surface area contributed by atoms with Crippen molar-refractivity contribution in [2.45, 2.75) is 47.5 Å². The molecule has 0 aliphatic carbocycles. The zero-order valence-electron chi connectivity index (χ0n) is 15.1. The molecule has 0 saturated heterocycles. The maximum absolute atomic E-state index is 11.4. The molecule has 0 aliphatic heterocycles. The monoisotopic (exact) mass is 317 g/mol. The molecule has 0 fully saturated rings. The Bertz CT molecular complexity index is 274. The molecule has 0 rings (SSSR count). The minimum Gasteiger partial charge on any atom is -0.379 e. The van der Waals surface area contributed by atoms with Crippen molar-refractivity contribution in [1.29, 1.82) is 0 Å². The van der Waals surface area contributed by atoms with E-state index >= 15 is 0 Å². The molecule has 0 radical (unpaired) electrons. The number of carbonyl (C=O) groups is 1. The molecule has 0 bridgehead atoms. The van der Waals surface area contributed by atoms with Gasteiger partial charge in [0.2, 0.25) is 5.91 Å². The number of rotatable bonds is 13. The Morgan fingerprint density at radius 3 is 1.91 bits per heavy atom. The Labute approximate surface area is 136 Å². The third-order valence-electron chi connectivity index (χ3n) is 2.90. The van der Waals surface area contributed by atoms with Crippen LogP contribution in [0.3, 0.4) is 0 Å². The lowest BCUT2D eigenvalue weighted by atomic mass is 9.93. The van der Waals surface area contributed by atoms with E-state index in [1.165, 1.54) is 0 Å². The third-order valence-corrected chi connectivity index (χ3v) is 2.90. The lowest BCUT2D eigenvalue weighted by Crippen LogP contribution is -2.28. The second-order valence-corrected chi connectivity index (χ2v) is 7.10. The summed E-state index contributed by atoms with van der Waals surface area (Å²) in [6.45, 7) is 14.8. The molecule has 0 saturated carbocycles. The van der Waals surface area contributed by atoms with Crippen LogP contribution >= 0.6 is 0 Å². The molecule has 0 aliphatic rings. The van der Waals surface area contributed by atoms with Gasteiger partial charge in [0.1, 0.15) is 0 Å². The second kappa shape index (κ2) is 12.9. The van der Waals surface area contributed by atoms with Crippen LogP contribution in [-0.2, 0) is 19.0 Å². The van der Waals surface area contributed by atoms with Crippen molar-refractivity contribution in [3.8, 4) is 0 Å². The summed E-state index contributed by atoms with van der Waals surface area (Å²) in [6, 6.07) is 0. The van der Waals surface area contributed by atoms with Crippen molar-refractivity contribution in [3.05, 3.63) is 0 Å². The van der Waals surface area contributed by atoms with Gasteiger partial charge in [0, 0.05) is 19.6 Å². The van der Waals surface area contributed by atoms with E-state index in [1.807, 2.05) is 13.8 Å². The number of carbonyl (C=O) groups excluding carboxylic acids is 1. The smallest absolute Gasteiger partial charge is 0.220 e. The summed E-state index contributed by atoms with van der Waals surface area (Å²) in [4.78, 5) is 11.4.